The normalized spacial score (nSPS) is 14.1. The number of rotatable bonds is 3. The van der Waals surface area contributed by atoms with Crippen molar-refractivity contribution < 1.29 is 5.11 Å². The van der Waals surface area contributed by atoms with E-state index in [0.29, 0.717) is 11.7 Å². The highest BCUT2D eigenvalue weighted by Gasteiger charge is 2.19. The molecule has 0 aliphatic carbocycles. The molecule has 0 radical (unpaired) electrons. The first-order valence-electron chi connectivity index (χ1n) is 6.30. The van der Waals surface area contributed by atoms with Crippen LogP contribution in [0.4, 0.5) is 0 Å². The molecule has 0 bridgehead atoms. The molecule has 3 N–H and O–H groups in total. The van der Waals surface area contributed by atoms with Crippen LogP contribution in [0.15, 0.2) is 18.2 Å². The van der Waals surface area contributed by atoms with Crippen LogP contribution in [0.2, 0.25) is 0 Å². The van der Waals surface area contributed by atoms with E-state index >= 15 is 0 Å². The first-order chi connectivity index (χ1) is 7.71. The smallest absolute Gasteiger partial charge is 0.119 e. The standard InChI is InChI=1S/C15H25NO/c1-10(2)8-13(16)11-6-7-14(17)12(9-11)15(3,4)5/h6-7,9-10,13,17H,8,16H2,1-5H3. The molecule has 17 heavy (non-hydrogen) atoms. The van der Waals surface area contributed by atoms with Crippen molar-refractivity contribution in [2.45, 2.75) is 52.5 Å². The lowest BCUT2D eigenvalue weighted by molar-refractivity contribution is 0.444. The molecule has 2 nitrogen and oxygen atoms in total. The summed E-state index contributed by atoms with van der Waals surface area (Å²) >= 11 is 0. The zero-order valence-corrected chi connectivity index (χ0v) is 11.6. The maximum atomic E-state index is 9.89. The lowest BCUT2D eigenvalue weighted by Gasteiger charge is -2.23. The molecule has 0 saturated carbocycles. The van der Waals surface area contributed by atoms with Crippen LogP contribution in [-0.2, 0) is 5.41 Å². The second kappa shape index (κ2) is 5.09. The number of hydrogen-bond acceptors (Lipinski definition) is 2. The Labute approximate surface area is 105 Å². The Bertz CT molecular complexity index is 377. The lowest BCUT2D eigenvalue weighted by atomic mass is 9.84. The molecule has 0 amide bonds. The minimum Gasteiger partial charge on any atom is -0.508 e. The minimum atomic E-state index is -0.0579. The van der Waals surface area contributed by atoms with E-state index in [-0.39, 0.29) is 11.5 Å². The van der Waals surface area contributed by atoms with Gasteiger partial charge in [-0.15, -0.1) is 0 Å². The summed E-state index contributed by atoms with van der Waals surface area (Å²) in [5, 5.41) is 9.89. The van der Waals surface area contributed by atoms with E-state index in [0.717, 1.165) is 17.5 Å². The maximum absolute atomic E-state index is 9.89. The molecular weight excluding hydrogens is 210 g/mol. The Kier molecular flexibility index (Phi) is 4.21. The fourth-order valence-corrected chi connectivity index (χ4v) is 2.03. The molecule has 0 aromatic heterocycles. The SMILES string of the molecule is CC(C)CC(N)c1ccc(O)c(C(C)(C)C)c1. The van der Waals surface area contributed by atoms with Crippen LogP contribution < -0.4 is 5.73 Å². The summed E-state index contributed by atoms with van der Waals surface area (Å²) in [6.07, 6.45) is 0.967. The van der Waals surface area contributed by atoms with Crippen molar-refractivity contribution in [3.05, 3.63) is 29.3 Å². The van der Waals surface area contributed by atoms with E-state index in [2.05, 4.69) is 34.6 Å². The molecule has 2 heteroatoms. The van der Waals surface area contributed by atoms with Gasteiger partial charge in [-0.25, -0.2) is 0 Å². The molecule has 0 aliphatic rings. The summed E-state index contributed by atoms with van der Waals surface area (Å²) in [6.45, 7) is 10.6. The first kappa shape index (κ1) is 14.0. The lowest BCUT2D eigenvalue weighted by Crippen LogP contribution is -2.16. The minimum absolute atomic E-state index is 0.0525. The van der Waals surface area contributed by atoms with Gasteiger partial charge in [-0.1, -0.05) is 46.8 Å². The van der Waals surface area contributed by atoms with E-state index in [9.17, 15) is 5.11 Å². The van der Waals surface area contributed by atoms with Gasteiger partial charge >= 0.3 is 0 Å². The molecule has 1 atom stereocenters. The van der Waals surface area contributed by atoms with E-state index in [4.69, 9.17) is 5.73 Å². The molecule has 96 valence electrons. The van der Waals surface area contributed by atoms with E-state index in [1.807, 2.05) is 12.1 Å². The van der Waals surface area contributed by atoms with Crippen molar-refractivity contribution >= 4 is 0 Å². The maximum Gasteiger partial charge on any atom is 0.119 e. The zero-order valence-electron chi connectivity index (χ0n) is 11.6. The van der Waals surface area contributed by atoms with Gasteiger partial charge in [0.05, 0.1) is 0 Å². The highest BCUT2D eigenvalue weighted by Crippen LogP contribution is 2.33. The van der Waals surface area contributed by atoms with E-state index < -0.39 is 0 Å². The summed E-state index contributed by atoms with van der Waals surface area (Å²) in [5.74, 6) is 0.940. The Morgan fingerprint density at radius 1 is 1.24 bits per heavy atom. The van der Waals surface area contributed by atoms with Crippen LogP contribution in [0, 0.1) is 5.92 Å². The van der Waals surface area contributed by atoms with Gasteiger partial charge in [0.25, 0.3) is 0 Å². The Morgan fingerprint density at radius 2 is 1.82 bits per heavy atom. The summed E-state index contributed by atoms with van der Waals surface area (Å²) in [6, 6.07) is 5.78. The van der Waals surface area contributed by atoms with Gasteiger partial charge in [-0.3, -0.25) is 0 Å². The van der Waals surface area contributed by atoms with Crippen LogP contribution in [0.5, 0.6) is 5.75 Å². The van der Waals surface area contributed by atoms with E-state index in [1.165, 1.54) is 0 Å². The van der Waals surface area contributed by atoms with Crippen LogP contribution >= 0.6 is 0 Å². The summed E-state index contributed by atoms with van der Waals surface area (Å²) < 4.78 is 0. The van der Waals surface area contributed by atoms with Crippen molar-refractivity contribution in [2.75, 3.05) is 0 Å². The number of nitrogens with two attached hydrogens (primary N) is 1. The zero-order chi connectivity index (χ0) is 13.2. The third-order valence-electron chi connectivity index (χ3n) is 2.98. The monoisotopic (exact) mass is 235 g/mol. The quantitative estimate of drug-likeness (QED) is 0.838. The Hall–Kier alpha value is -1.02. The number of phenols is 1. The van der Waals surface area contributed by atoms with Crippen LogP contribution in [0.25, 0.3) is 0 Å². The van der Waals surface area contributed by atoms with E-state index in [1.54, 1.807) is 6.07 Å². The van der Waals surface area contributed by atoms with Crippen LogP contribution in [0.1, 0.15) is 58.2 Å². The highest BCUT2D eigenvalue weighted by molar-refractivity contribution is 5.41. The Morgan fingerprint density at radius 3 is 2.29 bits per heavy atom. The number of benzene rings is 1. The molecule has 0 aliphatic heterocycles. The highest BCUT2D eigenvalue weighted by atomic mass is 16.3. The predicted octanol–water partition coefficient (Wildman–Crippen LogP) is 3.74. The van der Waals surface area contributed by atoms with Crippen molar-refractivity contribution in [3.63, 3.8) is 0 Å². The van der Waals surface area contributed by atoms with Crippen molar-refractivity contribution in [2.24, 2.45) is 11.7 Å². The number of aromatic hydroxyl groups is 1. The summed E-state index contributed by atoms with van der Waals surface area (Å²) in [7, 11) is 0. The first-order valence-corrected chi connectivity index (χ1v) is 6.30. The second-order valence-electron chi connectivity index (χ2n) is 6.26. The average Bonchev–Trinajstić information content (AvgIpc) is 2.15. The van der Waals surface area contributed by atoms with Gasteiger partial charge in [0, 0.05) is 6.04 Å². The number of phenolic OH excluding ortho intramolecular Hbond substituents is 1. The fraction of sp³-hybridized carbons (Fsp3) is 0.600. The third kappa shape index (κ3) is 3.74. The van der Waals surface area contributed by atoms with Gasteiger partial charge in [-0.2, -0.15) is 0 Å². The molecule has 0 heterocycles. The van der Waals surface area contributed by atoms with Crippen LogP contribution in [-0.4, -0.2) is 5.11 Å². The molecule has 0 spiro atoms. The molecule has 1 aromatic carbocycles. The van der Waals surface area contributed by atoms with Gasteiger partial charge in [-0.05, 0) is 34.9 Å². The molecular formula is C15H25NO. The van der Waals surface area contributed by atoms with Crippen molar-refractivity contribution in [3.8, 4) is 5.75 Å². The van der Waals surface area contributed by atoms with Crippen LogP contribution in [0.3, 0.4) is 0 Å². The van der Waals surface area contributed by atoms with Crippen molar-refractivity contribution in [1.29, 1.82) is 0 Å². The average molecular weight is 235 g/mol. The number of hydrogen-bond donors (Lipinski definition) is 2. The van der Waals surface area contributed by atoms with Gasteiger partial charge in [0.15, 0.2) is 0 Å². The van der Waals surface area contributed by atoms with Crippen molar-refractivity contribution in [1.82, 2.24) is 0 Å². The van der Waals surface area contributed by atoms with Gasteiger partial charge < -0.3 is 10.8 Å². The molecule has 1 unspecified atom stereocenters. The second-order valence-corrected chi connectivity index (χ2v) is 6.26. The molecule has 1 rings (SSSR count). The Balaban J connectivity index is 3.04. The molecule has 1 aromatic rings. The predicted molar refractivity (Wildman–Crippen MR) is 73.2 cm³/mol. The molecule has 0 saturated heterocycles. The summed E-state index contributed by atoms with van der Waals surface area (Å²) in [4.78, 5) is 0. The van der Waals surface area contributed by atoms with Gasteiger partial charge in [0.2, 0.25) is 0 Å². The van der Waals surface area contributed by atoms with Gasteiger partial charge in [0.1, 0.15) is 5.75 Å². The topological polar surface area (TPSA) is 46.2 Å². The fourth-order valence-electron chi connectivity index (χ4n) is 2.03. The third-order valence-corrected chi connectivity index (χ3v) is 2.98. The summed E-state index contributed by atoms with van der Waals surface area (Å²) in [5.41, 5.74) is 8.20. The molecule has 0 fully saturated rings. The largest absolute Gasteiger partial charge is 0.508 e.